The van der Waals surface area contributed by atoms with Crippen molar-refractivity contribution in [1.29, 1.82) is 0 Å². The van der Waals surface area contributed by atoms with Crippen LogP contribution >= 0.6 is 0 Å². The highest BCUT2D eigenvalue weighted by atomic mass is 32.3. The van der Waals surface area contributed by atoms with Gasteiger partial charge >= 0.3 is 31.1 Å². The molecule has 4 atom stereocenters. The summed E-state index contributed by atoms with van der Waals surface area (Å²) in [5, 5.41) is 9.62. The van der Waals surface area contributed by atoms with E-state index in [4.69, 9.17) is 18.4 Å². The van der Waals surface area contributed by atoms with Gasteiger partial charge in [-0.2, -0.15) is 30.0 Å². The molecule has 1 rings (SSSR count). The summed E-state index contributed by atoms with van der Waals surface area (Å²) in [4.78, 5) is 0. The third-order valence-electron chi connectivity index (χ3n) is 2.47. The summed E-state index contributed by atoms with van der Waals surface area (Å²) < 4.78 is 104. The largest absolute Gasteiger partial charge is 0.397 e. The Hall–Kier alpha value is -0.470. The van der Waals surface area contributed by atoms with Crippen LogP contribution in [0.2, 0.25) is 0 Å². The van der Waals surface area contributed by atoms with Gasteiger partial charge in [0.1, 0.15) is 12.1 Å². The van der Waals surface area contributed by atoms with Crippen molar-refractivity contribution in [3.05, 3.63) is 0 Å². The molecule has 0 saturated carbocycles. The van der Waals surface area contributed by atoms with E-state index < -0.39 is 68.7 Å². The predicted molar refractivity (Wildman–Crippen MR) is 67.9 cm³/mol. The average Bonchev–Trinajstić information content (AvgIpc) is 2.27. The van der Waals surface area contributed by atoms with Crippen LogP contribution < -0.4 is 4.72 Å². The van der Waals surface area contributed by atoms with E-state index in [1.807, 2.05) is 0 Å². The summed E-state index contributed by atoms with van der Waals surface area (Å²) in [6, 6.07) is -1.85. The van der Waals surface area contributed by atoms with Crippen molar-refractivity contribution >= 4 is 31.1 Å². The van der Waals surface area contributed by atoms with E-state index in [2.05, 4.69) is 8.37 Å². The lowest BCUT2D eigenvalue weighted by atomic mass is 10.0. The maximum Gasteiger partial charge on any atom is 0.397 e. The maximum atomic E-state index is 10.8. The molecule has 17 heteroatoms. The molecule has 0 amide bonds. The van der Waals surface area contributed by atoms with Crippen LogP contribution in [0.4, 0.5) is 0 Å². The van der Waals surface area contributed by atoms with E-state index >= 15 is 0 Å². The predicted octanol–water partition coefficient (Wildman–Crippen LogP) is -3.14. The maximum absolute atomic E-state index is 10.8. The molecule has 1 heterocycles. The van der Waals surface area contributed by atoms with Gasteiger partial charge in [0.25, 0.3) is 0 Å². The Morgan fingerprint density at radius 3 is 2.04 bits per heavy atom. The Morgan fingerprint density at radius 2 is 1.61 bits per heavy atom. The summed E-state index contributed by atoms with van der Waals surface area (Å²) in [7, 11) is -14.9. The Morgan fingerprint density at radius 1 is 1.04 bits per heavy atom. The molecule has 1 saturated heterocycles. The zero-order valence-corrected chi connectivity index (χ0v) is 13.4. The summed E-state index contributed by atoms with van der Waals surface area (Å²) in [5.74, 6) is 0. The van der Waals surface area contributed by atoms with Crippen LogP contribution in [-0.4, -0.2) is 75.2 Å². The second-order valence-corrected chi connectivity index (χ2v) is 7.60. The minimum absolute atomic E-state index is 0.598. The monoisotopic (exact) mass is 403 g/mol. The lowest BCUT2D eigenvalue weighted by Crippen LogP contribution is -2.58. The van der Waals surface area contributed by atoms with Crippen molar-refractivity contribution < 1.29 is 57.1 Å². The van der Waals surface area contributed by atoms with Crippen molar-refractivity contribution in [3.63, 3.8) is 0 Å². The molecule has 1 aliphatic heterocycles. The number of rotatable bonds is 7. The van der Waals surface area contributed by atoms with Crippen LogP contribution in [0.3, 0.4) is 0 Å². The SMILES string of the molecule is O=S(=O)(O)NC1[C@H](O)OC(COS(=O)(=O)O)C[C@H]1OS(=O)(=O)O. The van der Waals surface area contributed by atoms with E-state index in [0.29, 0.717) is 0 Å². The Bertz CT molecular complexity index is 711. The molecule has 1 aliphatic rings. The summed E-state index contributed by atoms with van der Waals surface area (Å²) in [6.45, 7) is -0.875. The van der Waals surface area contributed by atoms with Crippen molar-refractivity contribution in [2.75, 3.05) is 6.61 Å². The van der Waals surface area contributed by atoms with Gasteiger partial charge in [0.15, 0.2) is 6.29 Å². The molecule has 23 heavy (non-hydrogen) atoms. The van der Waals surface area contributed by atoms with E-state index in [1.54, 1.807) is 0 Å². The molecule has 0 aromatic carbocycles. The van der Waals surface area contributed by atoms with Gasteiger partial charge in [-0.25, -0.2) is 8.37 Å². The highest BCUT2D eigenvalue weighted by Gasteiger charge is 2.43. The highest BCUT2D eigenvalue weighted by Crippen LogP contribution is 2.24. The summed E-state index contributed by atoms with van der Waals surface area (Å²) in [6.07, 6.45) is -5.85. The highest BCUT2D eigenvalue weighted by molar-refractivity contribution is 7.83. The first-order chi connectivity index (χ1) is 10.2. The second-order valence-electron chi connectivity index (χ2n) is 4.28. The molecular formula is C6H13NO13S3. The second kappa shape index (κ2) is 7.19. The van der Waals surface area contributed by atoms with Crippen molar-refractivity contribution in [2.24, 2.45) is 0 Å². The van der Waals surface area contributed by atoms with Gasteiger partial charge < -0.3 is 9.84 Å². The number of hydrogen-bond acceptors (Lipinski definition) is 10. The van der Waals surface area contributed by atoms with Gasteiger partial charge in [0, 0.05) is 6.42 Å². The first-order valence-corrected chi connectivity index (χ1v) is 9.69. The fraction of sp³-hybridized carbons (Fsp3) is 1.00. The first kappa shape index (κ1) is 20.6. The number of hydrogen-bond donors (Lipinski definition) is 5. The average molecular weight is 403 g/mol. The first-order valence-electron chi connectivity index (χ1n) is 5.52. The van der Waals surface area contributed by atoms with Crippen molar-refractivity contribution in [1.82, 2.24) is 4.72 Å². The zero-order chi connectivity index (χ0) is 18.1. The van der Waals surface area contributed by atoms with Crippen molar-refractivity contribution in [3.8, 4) is 0 Å². The van der Waals surface area contributed by atoms with Gasteiger partial charge in [-0.3, -0.25) is 13.7 Å². The van der Waals surface area contributed by atoms with Crippen LogP contribution in [-0.2, 0) is 44.2 Å². The molecule has 1 fully saturated rings. The Labute approximate surface area is 131 Å². The van der Waals surface area contributed by atoms with Crippen LogP contribution in [0.1, 0.15) is 6.42 Å². The molecule has 0 aromatic rings. The molecule has 0 spiro atoms. The van der Waals surface area contributed by atoms with Gasteiger partial charge in [-0.05, 0) is 0 Å². The number of aliphatic hydroxyl groups excluding tert-OH is 1. The van der Waals surface area contributed by atoms with Crippen LogP contribution in [0.25, 0.3) is 0 Å². The summed E-state index contributed by atoms with van der Waals surface area (Å²) in [5.41, 5.74) is 0. The molecule has 138 valence electrons. The van der Waals surface area contributed by atoms with E-state index in [0.717, 1.165) is 0 Å². The Kier molecular flexibility index (Phi) is 6.43. The van der Waals surface area contributed by atoms with E-state index in [9.17, 15) is 30.4 Å². The molecule has 0 aliphatic carbocycles. The standard InChI is InChI=1S/C6H13NO13S3/c8-6-5(7-21(9,10)11)4(20-23(15,16)17)1-3(19-6)2-18-22(12,13)14/h3-8H,1-2H2,(H,9,10,11)(H,12,13,14)(H,15,16,17)/t3?,4-,5?,6-/m1/s1. The molecule has 14 nitrogen and oxygen atoms in total. The van der Waals surface area contributed by atoms with Crippen LogP contribution in [0, 0.1) is 0 Å². The quantitative estimate of drug-likeness (QED) is 0.265. The molecule has 2 unspecified atom stereocenters. The molecule has 0 radical (unpaired) electrons. The van der Waals surface area contributed by atoms with Gasteiger partial charge in [0.05, 0.1) is 12.7 Å². The van der Waals surface area contributed by atoms with Gasteiger partial charge in [-0.1, -0.05) is 0 Å². The molecule has 5 N–H and O–H groups in total. The smallest absolute Gasteiger partial charge is 0.366 e. The topological polar surface area (TPSA) is 223 Å². The number of aliphatic hydroxyl groups is 1. The minimum atomic E-state index is -5.09. The Balaban J connectivity index is 2.93. The lowest BCUT2D eigenvalue weighted by Gasteiger charge is -2.37. The van der Waals surface area contributed by atoms with E-state index in [1.165, 1.54) is 4.72 Å². The lowest BCUT2D eigenvalue weighted by molar-refractivity contribution is -0.205. The molecule has 0 bridgehead atoms. The molecule has 0 aromatic heterocycles. The normalized spacial score (nSPS) is 30.3. The van der Waals surface area contributed by atoms with Crippen molar-refractivity contribution in [2.45, 2.75) is 31.0 Å². The van der Waals surface area contributed by atoms with Gasteiger partial charge in [-0.15, -0.1) is 0 Å². The molecular weight excluding hydrogens is 390 g/mol. The zero-order valence-electron chi connectivity index (χ0n) is 10.9. The third-order valence-corrected chi connectivity index (χ3v) is 3.96. The van der Waals surface area contributed by atoms with Crippen LogP contribution in [0.5, 0.6) is 0 Å². The number of ether oxygens (including phenoxy) is 1. The summed E-state index contributed by atoms with van der Waals surface area (Å²) >= 11 is 0. The third kappa shape index (κ3) is 8.26. The van der Waals surface area contributed by atoms with Crippen LogP contribution in [0.15, 0.2) is 0 Å². The fourth-order valence-electron chi connectivity index (χ4n) is 1.76. The number of nitrogens with one attached hydrogen (secondary N) is 1. The fourth-order valence-corrected chi connectivity index (χ4v) is 3.20. The van der Waals surface area contributed by atoms with E-state index in [-0.39, 0.29) is 0 Å². The minimum Gasteiger partial charge on any atom is -0.366 e. The van der Waals surface area contributed by atoms with Gasteiger partial charge in [0.2, 0.25) is 0 Å².